The number of carbonyl (C=O) groups is 3. The number of alkyl carbamates (subject to hydrolysis) is 1. The van der Waals surface area contributed by atoms with E-state index < -0.39 is 18.1 Å². The smallest absolute Gasteiger partial charge is 0.407 e. The molecule has 0 spiro atoms. The zero-order valence-electron chi connectivity index (χ0n) is 19.5. The highest BCUT2D eigenvalue weighted by Gasteiger charge is 2.29. The molecule has 0 aromatic heterocycles. The van der Waals surface area contributed by atoms with E-state index >= 15 is 0 Å². The Morgan fingerprint density at radius 1 is 0.914 bits per heavy atom. The number of fused-ring (bicyclic) bond motifs is 3. The summed E-state index contributed by atoms with van der Waals surface area (Å²) in [4.78, 5) is 36.5. The van der Waals surface area contributed by atoms with Crippen LogP contribution < -0.4 is 10.6 Å². The van der Waals surface area contributed by atoms with Crippen LogP contribution in [-0.2, 0) is 16.0 Å². The minimum absolute atomic E-state index is 0.0589. The molecule has 7 heteroatoms. The van der Waals surface area contributed by atoms with Crippen LogP contribution in [-0.4, -0.2) is 42.3 Å². The largest absolute Gasteiger partial charge is 0.478 e. The summed E-state index contributed by atoms with van der Waals surface area (Å²) in [6.45, 7) is 2.23. The molecule has 1 aliphatic carbocycles. The maximum atomic E-state index is 12.6. The first kappa shape index (κ1) is 24.0. The fraction of sp³-hybridized carbons (Fsp3) is 0.250. The molecule has 3 N–H and O–H groups in total. The molecule has 3 aromatic rings. The molecular formula is C28H28N2O5. The Balaban J connectivity index is 1.31. The fourth-order valence-electron chi connectivity index (χ4n) is 4.53. The van der Waals surface area contributed by atoms with E-state index in [0.29, 0.717) is 18.4 Å². The van der Waals surface area contributed by atoms with Gasteiger partial charge in [0.2, 0.25) is 5.91 Å². The highest BCUT2D eigenvalue weighted by molar-refractivity contribution is 5.89. The predicted molar refractivity (Wildman–Crippen MR) is 132 cm³/mol. The highest BCUT2D eigenvalue weighted by Crippen LogP contribution is 2.44. The molecule has 35 heavy (non-hydrogen) atoms. The van der Waals surface area contributed by atoms with Crippen molar-refractivity contribution >= 4 is 18.0 Å². The van der Waals surface area contributed by atoms with Gasteiger partial charge in [0.1, 0.15) is 12.6 Å². The lowest BCUT2D eigenvalue weighted by Gasteiger charge is -2.19. The summed E-state index contributed by atoms with van der Waals surface area (Å²) in [7, 11) is 0. The second-order valence-electron chi connectivity index (χ2n) is 8.43. The van der Waals surface area contributed by atoms with Gasteiger partial charge >= 0.3 is 12.1 Å². The van der Waals surface area contributed by atoms with Gasteiger partial charge in [-0.1, -0.05) is 73.7 Å². The van der Waals surface area contributed by atoms with Gasteiger partial charge in [-0.3, -0.25) is 4.79 Å². The average Bonchev–Trinajstić information content (AvgIpc) is 3.19. The van der Waals surface area contributed by atoms with Crippen LogP contribution in [0.5, 0.6) is 0 Å². The Bertz CT molecular complexity index is 1190. The van der Waals surface area contributed by atoms with E-state index in [1.807, 2.05) is 36.4 Å². The average molecular weight is 473 g/mol. The molecular weight excluding hydrogens is 444 g/mol. The van der Waals surface area contributed by atoms with E-state index in [0.717, 1.165) is 22.3 Å². The number of carboxylic acids is 1. The Morgan fingerprint density at radius 3 is 2.14 bits per heavy atom. The summed E-state index contributed by atoms with van der Waals surface area (Å²) < 4.78 is 5.54. The number of ether oxygens (including phenoxy) is 1. The summed E-state index contributed by atoms with van der Waals surface area (Å²) in [6.07, 6.45) is 0.113. The Kier molecular flexibility index (Phi) is 7.45. The molecule has 0 aliphatic heterocycles. The molecule has 1 aliphatic rings. The van der Waals surface area contributed by atoms with Crippen LogP contribution in [0.2, 0.25) is 0 Å². The molecule has 0 heterocycles. The Hall–Kier alpha value is -4.13. The van der Waals surface area contributed by atoms with Gasteiger partial charge in [0.15, 0.2) is 0 Å². The third-order valence-corrected chi connectivity index (χ3v) is 6.30. The first-order valence-electron chi connectivity index (χ1n) is 11.7. The standard InChI is InChI=1S/C28H28N2O5/c1-2-25(26(31)29-16-15-18-9-3-4-10-19(18)27(32)33)30-28(34)35-17-24-22-13-7-5-11-20(22)21-12-6-8-14-23(21)24/h3-14,24-25H,2,15-17H2,1H3,(H,29,31)(H,30,34)(H,32,33)/t25-/m0/s1. The highest BCUT2D eigenvalue weighted by atomic mass is 16.5. The van der Waals surface area contributed by atoms with Crippen LogP contribution in [0.3, 0.4) is 0 Å². The zero-order chi connectivity index (χ0) is 24.8. The number of hydrogen-bond donors (Lipinski definition) is 3. The SMILES string of the molecule is CC[C@H](NC(=O)OCC1c2ccccc2-c2ccccc21)C(=O)NCCc1ccccc1C(=O)O. The molecule has 2 amide bonds. The van der Waals surface area contributed by atoms with E-state index in [4.69, 9.17) is 4.74 Å². The number of nitrogens with one attached hydrogen (secondary N) is 2. The number of carbonyl (C=O) groups excluding carboxylic acids is 2. The minimum atomic E-state index is -1.00. The molecule has 0 bridgehead atoms. The molecule has 4 rings (SSSR count). The second-order valence-corrected chi connectivity index (χ2v) is 8.43. The van der Waals surface area contributed by atoms with E-state index in [-0.39, 0.29) is 30.5 Å². The van der Waals surface area contributed by atoms with Gasteiger partial charge < -0.3 is 20.5 Å². The lowest BCUT2D eigenvalue weighted by Crippen LogP contribution is -2.47. The summed E-state index contributed by atoms with van der Waals surface area (Å²) in [6, 6.07) is 22.1. The predicted octanol–water partition coefficient (Wildman–Crippen LogP) is 4.36. The maximum absolute atomic E-state index is 12.6. The Morgan fingerprint density at radius 2 is 1.51 bits per heavy atom. The van der Waals surface area contributed by atoms with E-state index in [9.17, 15) is 19.5 Å². The minimum Gasteiger partial charge on any atom is -0.478 e. The molecule has 0 fully saturated rings. The quantitative estimate of drug-likeness (QED) is 0.429. The molecule has 0 saturated carbocycles. The molecule has 0 radical (unpaired) electrons. The van der Waals surface area contributed by atoms with Crippen LogP contribution in [0, 0.1) is 0 Å². The van der Waals surface area contributed by atoms with Crippen molar-refractivity contribution in [2.75, 3.05) is 13.2 Å². The van der Waals surface area contributed by atoms with Gasteiger partial charge in [-0.05, 0) is 46.7 Å². The number of carboxylic acid groups (broad SMARTS) is 1. The molecule has 0 unspecified atom stereocenters. The van der Waals surface area contributed by atoms with Crippen molar-refractivity contribution in [3.63, 3.8) is 0 Å². The normalized spacial score (nSPS) is 12.8. The number of amides is 2. The van der Waals surface area contributed by atoms with Crippen LogP contribution >= 0.6 is 0 Å². The van der Waals surface area contributed by atoms with Crippen LogP contribution in [0.25, 0.3) is 11.1 Å². The lowest BCUT2D eigenvalue weighted by molar-refractivity contribution is -0.123. The van der Waals surface area contributed by atoms with Crippen molar-refractivity contribution in [2.45, 2.75) is 31.7 Å². The third-order valence-electron chi connectivity index (χ3n) is 6.30. The second kappa shape index (κ2) is 10.9. The van der Waals surface area contributed by atoms with E-state index in [1.165, 1.54) is 6.07 Å². The molecule has 7 nitrogen and oxygen atoms in total. The van der Waals surface area contributed by atoms with Crippen molar-refractivity contribution in [3.05, 3.63) is 95.1 Å². The summed E-state index contributed by atoms with van der Waals surface area (Å²) in [5.74, 6) is -1.40. The number of rotatable bonds is 9. The summed E-state index contributed by atoms with van der Waals surface area (Å²) in [5, 5.41) is 14.7. The van der Waals surface area contributed by atoms with Gasteiger partial charge in [-0.15, -0.1) is 0 Å². The number of aromatic carboxylic acids is 1. The summed E-state index contributed by atoms with van der Waals surface area (Å²) in [5.41, 5.74) is 5.38. The summed E-state index contributed by atoms with van der Waals surface area (Å²) >= 11 is 0. The Labute approximate surface area is 204 Å². The van der Waals surface area contributed by atoms with Gasteiger partial charge in [0, 0.05) is 12.5 Å². The number of hydrogen-bond acceptors (Lipinski definition) is 4. The van der Waals surface area contributed by atoms with E-state index in [1.54, 1.807) is 25.1 Å². The molecule has 3 aromatic carbocycles. The van der Waals surface area contributed by atoms with Gasteiger partial charge in [-0.25, -0.2) is 9.59 Å². The monoisotopic (exact) mass is 472 g/mol. The van der Waals surface area contributed by atoms with Crippen LogP contribution in [0.1, 0.15) is 46.3 Å². The lowest BCUT2D eigenvalue weighted by atomic mass is 9.98. The van der Waals surface area contributed by atoms with Gasteiger partial charge in [0.05, 0.1) is 5.56 Å². The zero-order valence-corrected chi connectivity index (χ0v) is 19.5. The van der Waals surface area contributed by atoms with Crippen molar-refractivity contribution in [3.8, 4) is 11.1 Å². The fourth-order valence-corrected chi connectivity index (χ4v) is 4.53. The number of benzene rings is 3. The first-order chi connectivity index (χ1) is 17.0. The molecule has 0 saturated heterocycles. The van der Waals surface area contributed by atoms with E-state index in [2.05, 4.69) is 22.8 Å². The van der Waals surface area contributed by atoms with Crippen molar-refractivity contribution < 1.29 is 24.2 Å². The van der Waals surface area contributed by atoms with Gasteiger partial charge in [0.25, 0.3) is 0 Å². The topological polar surface area (TPSA) is 105 Å². The van der Waals surface area contributed by atoms with Crippen molar-refractivity contribution in [1.29, 1.82) is 0 Å². The maximum Gasteiger partial charge on any atom is 0.407 e. The van der Waals surface area contributed by atoms with Crippen molar-refractivity contribution in [2.24, 2.45) is 0 Å². The third kappa shape index (κ3) is 5.35. The first-order valence-corrected chi connectivity index (χ1v) is 11.7. The molecule has 180 valence electrons. The van der Waals surface area contributed by atoms with Crippen LogP contribution in [0.4, 0.5) is 4.79 Å². The van der Waals surface area contributed by atoms with Crippen LogP contribution in [0.15, 0.2) is 72.8 Å². The van der Waals surface area contributed by atoms with Gasteiger partial charge in [-0.2, -0.15) is 0 Å². The van der Waals surface area contributed by atoms with Crippen molar-refractivity contribution in [1.82, 2.24) is 10.6 Å². The molecule has 1 atom stereocenters.